The Morgan fingerprint density at radius 2 is 2.10 bits per heavy atom. The zero-order chi connectivity index (χ0) is 14.8. The molecule has 0 spiro atoms. The van der Waals surface area contributed by atoms with E-state index in [-0.39, 0.29) is 18.6 Å². The summed E-state index contributed by atoms with van der Waals surface area (Å²) in [6.45, 7) is 0.951. The molecule has 7 heteroatoms. The number of aliphatic hydroxyl groups is 1. The summed E-state index contributed by atoms with van der Waals surface area (Å²) in [5.74, 6) is -0.0956. The van der Waals surface area contributed by atoms with E-state index in [2.05, 4.69) is 5.32 Å². The third-order valence-electron chi connectivity index (χ3n) is 4.40. The van der Waals surface area contributed by atoms with Gasteiger partial charge in [0.05, 0.1) is 18.3 Å². The SMILES string of the molecule is CS(=O)(=O)N1CCCC[C@@H]1CCNC(=O)C1(CO)CC1. The lowest BCUT2D eigenvalue weighted by Gasteiger charge is -2.33. The Kier molecular flexibility index (Phi) is 4.71. The van der Waals surface area contributed by atoms with E-state index >= 15 is 0 Å². The van der Waals surface area contributed by atoms with Gasteiger partial charge in [-0.25, -0.2) is 8.42 Å². The molecule has 0 bridgehead atoms. The predicted molar refractivity (Wildman–Crippen MR) is 75.6 cm³/mol. The molecule has 1 saturated heterocycles. The molecule has 2 rings (SSSR count). The highest BCUT2D eigenvalue weighted by Gasteiger charge is 2.49. The molecule has 0 radical (unpaired) electrons. The summed E-state index contributed by atoms with van der Waals surface area (Å²) in [6, 6.07) is -0.0108. The van der Waals surface area contributed by atoms with Gasteiger partial charge in [-0.1, -0.05) is 6.42 Å². The van der Waals surface area contributed by atoms with Crippen molar-refractivity contribution in [2.24, 2.45) is 5.41 Å². The van der Waals surface area contributed by atoms with Crippen molar-refractivity contribution in [2.75, 3.05) is 26.0 Å². The van der Waals surface area contributed by atoms with Gasteiger partial charge in [0.1, 0.15) is 0 Å². The molecule has 1 saturated carbocycles. The van der Waals surface area contributed by atoms with Crippen molar-refractivity contribution in [2.45, 2.75) is 44.6 Å². The molecule has 116 valence electrons. The lowest BCUT2D eigenvalue weighted by Crippen LogP contribution is -2.45. The Morgan fingerprint density at radius 1 is 1.40 bits per heavy atom. The van der Waals surface area contributed by atoms with Gasteiger partial charge in [0.15, 0.2) is 0 Å². The lowest BCUT2D eigenvalue weighted by molar-refractivity contribution is -0.127. The highest BCUT2D eigenvalue weighted by atomic mass is 32.2. The van der Waals surface area contributed by atoms with Crippen LogP contribution in [0.4, 0.5) is 0 Å². The number of amides is 1. The zero-order valence-electron chi connectivity index (χ0n) is 12.0. The van der Waals surface area contributed by atoms with Crippen molar-refractivity contribution in [3.8, 4) is 0 Å². The van der Waals surface area contributed by atoms with Crippen LogP contribution in [-0.2, 0) is 14.8 Å². The number of aliphatic hydroxyl groups excluding tert-OH is 1. The first-order valence-electron chi connectivity index (χ1n) is 7.25. The Balaban J connectivity index is 1.82. The number of rotatable bonds is 6. The maximum atomic E-state index is 11.9. The summed E-state index contributed by atoms with van der Waals surface area (Å²) in [6.07, 6.45) is 6.17. The van der Waals surface area contributed by atoms with Crippen LogP contribution in [0, 0.1) is 5.41 Å². The van der Waals surface area contributed by atoms with Crippen LogP contribution in [0.5, 0.6) is 0 Å². The van der Waals surface area contributed by atoms with Crippen molar-refractivity contribution in [1.29, 1.82) is 0 Å². The molecule has 0 unspecified atom stereocenters. The normalized spacial score (nSPS) is 26.2. The van der Waals surface area contributed by atoms with Gasteiger partial charge in [0.25, 0.3) is 0 Å². The summed E-state index contributed by atoms with van der Waals surface area (Å²) >= 11 is 0. The van der Waals surface area contributed by atoms with E-state index in [0.29, 0.717) is 19.5 Å². The first-order chi connectivity index (χ1) is 9.39. The summed E-state index contributed by atoms with van der Waals surface area (Å²) in [7, 11) is -3.17. The monoisotopic (exact) mass is 304 g/mol. The maximum absolute atomic E-state index is 11.9. The van der Waals surface area contributed by atoms with Gasteiger partial charge in [-0.3, -0.25) is 4.79 Å². The van der Waals surface area contributed by atoms with Crippen molar-refractivity contribution in [3.63, 3.8) is 0 Å². The maximum Gasteiger partial charge on any atom is 0.228 e. The zero-order valence-corrected chi connectivity index (χ0v) is 12.8. The Morgan fingerprint density at radius 3 is 2.65 bits per heavy atom. The van der Waals surface area contributed by atoms with E-state index < -0.39 is 15.4 Å². The van der Waals surface area contributed by atoms with Crippen LogP contribution >= 0.6 is 0 Å². The van der Waals surface area contributed by atoms with Gasteiger partial charge in [-0.05, 0) is 32.1 Å². The minimum Gasteiger partial charge on any atom is -0.395 e. The fourth-order valence-electron chi connectivity index (χ4n) is 2.85. The second kappa shape index (κ2) is 5.99. The van der Waals surface area contributed by atoms with Crippen LogP contribution in [-0.4, -0.2) is 55.7 Å². The molecule has 1 atom stereocenters. The van der Waals surface area contributed by atoms with Crippen LogP contribution in [0.1, 0.15) is 38.5 Å². The molecule has 1 aliphatic carbocycles. The Bertz CT molecular complexity index is 459. The van der Waals surface area contributed by atoms with E-state index in [1.54, 1.807) is 4.31 Å². The third-order valence-corrected chi connectivity index (χ3v) is 5.73. The predicted octanol–water partition coefficient (Wildman–Crippen LogP) is 0.0793. The molecule has 2 fully saturated rings. The molecule has 6 nitrogen and oxygen atoms in total. The van der Waals surface area contributed by atoms with Crippen LogP contribution in [0.15, 0.2) is 0 Å². The van der Waals surface area contributed by atoms with Gasteiger partial charge in [-0.15, -0.1) is 0 Å². The fraction of sp³-hybridized carbons (Fsp3) is 0.923. The van der Waals surface area contributed by atoms with E-state index in [0.717, 1.165) is 32.1 Å². The fourth-order valence-corrected chi connectivity index (χ4v) is 4.06. The Hall–Kier alpha value is -0.660. The van der Waals surface area contributed by atoms with E-state index in [4.69, 9.17) is 0 Å². The number of nitrogens with one attached hydrogen (secondary N) is 1. The molecular weight excluding hydrogens is 280 g/mol. The van der Waals surface area contributed by atoms with Crippen LogP contribution in [0.25, 0.3) is 0 Å². The highest BCUT2D eigenvalue weighted by molar-refractivity contribution is 7.88. The van der Waals surface area contributed by atoms with E-state index in [1.807, 2.05) is 0 Å². The minimum absolute atomic E-state index is 0.0108. The van der Waals surface area contributed by atoms with Crippen molar-refractivity contribution >= 4 is 15.9 Å². The smallest absolute Gasteiger partial charge is 0.228 e. The summed E-state index contributed by atoms with van der Waals surface area (Å²) in [5.41, 5.74) is -0.552. The van der Waals surface area contributed by atoms with Crippen LogP contribution < -0.4 is 5.32 Å². The van der Waals surface area contributed by atoms with Crippen molar-refractivity contribution < 1.29 is 18.3 Å². The molecule has 0 aromatic heterocycles. The molecule has 1 amide bonds. The second-order valence-corrected chi connectivity index (χ2v) is 7.94. The average molecular weight is 304 g/mol. The van der Waals surface area contributed by atoms with Crippen LogP contribution in [0.2, 0.25) is 0 Å². The molecule has 2 N–H and O–H groups in total. The van der Waals surface area contributed by atoms with Gasteiger partial charge < -0.3 is 10.4 Å². The number of piperidine rings is 1. The minimum atomic E-state index is -3.17. The number of nitrogens with zero attached hydrogens (tertiary/aromatic N) is 1. The second-order valence-electron chi connectivity index (χ2n) is 6.01. The lowest BCUT2D eigenvalue weighted by atomic mass is 10.0. The summed E-state index contributed by atoms with van der Waals surface area (Å²) < 4.78 is 25.0. The summed E-state index contributed by atoms with van der Waals surface area (Å²) in [5, 5.41) is 12.0. The van der Waals surface area contributed by atoms with Gasteiger partial charge in [0, 0.05) is 19.1 Å². The van der Waals surface area contributed by atoms with E-state index in [1.165, 1.54) is 6.26 Å². The Labute approximate surface area is 120 Å². The first kappa shape index (κ1) is 15.7. The van der Waals surface area contributed by atoms with Crippen LogP contribution in [0.3, 0.4) is 0 Å². The van der Waals surface area contributed by atoms with Crippen molar-refractivity contribution in [1.82, 2.24) is 9.62 Å². The van der Waals surface area contributed by atoms with Crippen molar-refractivity contribution in [3.05, 3.63) is 0 Å². The number of hydrogen-bond acceptors (Lipinski definition) is 4. The first-order valence-corrected chi connectivity index (χ1v) is 9.10. The quantitative estimate of drug-likeness (QED) is 0.727. The van der Waals surface area contributed by atoms with Gasteiger partial charge in [0.2, 0.25) is 15.9 Å². The number of carbonyl (C=O) groups excluding carboxylic acids is 1. The molecular formula is C13H24N2O4S. The third kappa shape index (κ3) is 3.51. The van der Waals surface area contributed by atoms with Gasteiger partial charge >= 0.3 is 0 Å². The molecule has 1 heterocycles. The standard InChI is InChI=1S/C13H24N2O4S/c1-20(18,19)15-9-3-2-4-11(15)5-8-14-12(17)13(10-16)6-7-13/h11,16H,2-10H2,1H3,(H,14,17)/t11-/m1/s1. The largest absolute Gasteiger partial charge is 0.395 e. The number of sulfonamides is 1. The molecule has 0 aromatic rings. The average Bonchev–Trinajstić information content (AvgIpc) is 3.19. The van der Waals surface area contributed by atoms with Gasteiger partial charge in [-0.2, -0.15) is 4.31 Å². The molecule has 1 aliphatic heterocycles. The molecule has 0 aromatic carbocycles. The highest BCUT2D eigenvalue weighted by Crippen LogP contribution is 2.45. The number of carbonyl (C=O) groups is 1. The molecule has 20 heavy (non-hydrogen) atoms. The van der Waals surface area contributed by atoms with E-state index in [9.17, 15) is 18.3 Å². The topological polar surface area (TPSA) is 86.7 Å². The number of hydrogen-bond donors (Lipinski definition) is 2. The summed E-state index contributed by atoms with van der Waals surface area (Å²) in [4.78, 5) is 11.9. The molecule has 2 aliphatic rings.